The summed E-state index contributed by atoms with van der Waals surface area (Å²) in [6.45, 7) is 0.707. The van der Waals surface area contributed by atoms with E-state index in [0.717, 1.165) is 28.2 Å². The van der Waals surface area contributed by atoms with Crippen LogP contribution < -0.4 is 5.32 Å². The summed E-state index contributed by atoms with van der Waals surface area (Å²) in [5, 5.41) is 19.5. The number of rotatable bonds is 5. The molecule has 0 spiro atoms. The van der Waals surface area contributed by atoms with Gasteiger partial charge in [-0.05, 0) is 55.2 Å². The van der Waals surface area contributed by atoms with Crippen LogP contribution in [-0.4, -0.2) is 44.6 Å². The van der Waals surface area contributed by atoms with Crippen LogP contribution in [0, 0.1) is 23.2 Å². The van der Waals surface area contributed by atoms with Gasteiger partial charge in [0.15, 0.2) is 11.9 Å². The molecule has 3 heterocycles. The fourth-order valence-corrected chi connectivity index (χ4v) is 5.37. The van der Waals surface area contributed by atoms with Gasteiger partial charge in [0.1, 0.15) is 5.82 Å². The van der Waals surface area contributed by atoms with Gasteiger partial charge in [0.05, 0.1) is 17.8 Å². The highest BCUT2D eigenvalue weighted by Crippen LogP contribution is 2.38. The average Bonchev–Trinajstić information content (AvgIpc) is 3.51. The van der Waals surface area contributed by atoms with E-state index >= 15 is 0 Å². The average molecular weight is 435 g/mol. The molecule has 7 nitrogen and oxygen atoms in total. The van der Waals surface area contributed by atoms with Gasteiger partial charge in [-0.2, -0.15) is 10.4 Å². The Labute approximate surface area is 182 Å². The minimum Gasteiger partial charge on any atom is -0.345 e. The minimum atomic E-state index is -0.284. The smallest absolute Gasteiger partial charge is 0.272 e. The van der Waals surface area contributed by atoms with Crippen LogP contribution in [0.4, 0.5) is 4.39 Å². The largest absolute Gasteiger partial charge is 0.345 e. The normalized spacial score (nSPS) is 21.8. The molecule has 1 amide bonds. The number of benzene rings is 1. The maximum absolute atomic E-state index is 13.2. The molecule has 3 atom stereocenters. The van der Waals surface area contributed by atoms with E-state index in [0.29, 0.717) is 23.9 Å². The molecule has 1 aliphatic carbocycles. The number of fused-ring (bicyclic) bond motifs is 2. The van der Waals surface area contributed by atoms with Crippen LogP contribution in [0.3, 0.4) is 0 Å². The summed E-state index contributed by atoms with van der Waals surface area (Å²) in [7, 11) is 0. The van der Waals surface area contributed by atoms with Crippen molar-refractivity contribution in [1.82, 2.24) is 25.4 Å². The van der Waals surface area contributed by atoms with Gasteiger partial charge < -0.3 is 10.2 Å². The molecule has 2 aliphatic rings. The van der Waals surface area contributed by atoms with Gasteiger partial charge in [0, 0.05) is 34.3 Å². The van der Waals surface area contributed by atoms with Crippen molar-refractivity contribution in [2.75, 3.05) is 6.54 Å². The zero-order chi connectivity index (χ0) is 21.4. The first-order chi connectivity index (χ1) is 15.1. The number of amides is 1. The maximum atomic E-state index is 13.2. The highest BCUT2D eigenvalue weighted by Gasteiger charge is 2.47. The zero-order valence-electron chi connectivity index (χ0n) is 16.5. The number of nitriles is 1. The fourth-order valence-electron chi connectivity index (χ4n) is 4.44. The molecular weight excluding hydrogens is 415 g/mol. The number of carbonyl (C=O) groups excluding carboxylic acids is 1. The van der Waals surface area contributed by atoms with Crippen molar-refractivity contribution in [3.05, 3.63) is 60.3 Å². The first-order valence-corrected chi connectivity index (χ1v) is 10.8. The maximum Gasteiger partial charge on any atom is 0.272 e. The molecular formula is C22H19FN6OS. The van der Waals surface area contributed by atoms with Gasteiger partial charge in [0.2, 0.25) is 0 Å². The van der Waals surface area contributed by atoms with Crippen molar-refractivity contribution in [1.29, 1.82) is 5.26 Å². The van der Waals surface area contributed by atoms with E-state index in [2.05, 4.69) is 26.7 Å². The van der Waals surface area contributed by atoms with Gasteiger partial charge >= 0.3 is 0 Å². The summed E-state index contributed by atoms with van der Waals surface area (Å²) >= 11 is 1.46. The lowest BCUT2D eigenvalue weighted by Crippen LogP contribution is -2.42. The van der Waals surface area contributed by atoms with Crippen LogP contribution in [0.25, 0.3) is 11.3 Å². The van der Waals surface area contributed by atoms with Crippen LogP contribution in [0.2, 0.25) is 0 Å². The number of hydrogen-bond donors (Lipinski definition) is 2. The summed E-state index contributed by atoms with van der Waals surface area (Å²) in [6, 6.07) is 9.89. The third-order valence-corrected chi connectivity index (χ3v) is 6.99. The number of aromatic nitrogens is 3. The van der Waals surface area contributed by atoms with E-state index in [-0.39, 0.29) is 23.8 Å². The molecule has 1 aromatic carbocycles. The van der Waals surface area contributed by atoms with E-state index in [9.17, 15) is 14.4 Å². The summed E-state index contributed by atoms with van der Waals surface area (Å²) in [5.41, 5.74) is 1.86. The number of H-pyrrole nitrogens is 1. The third kappa shape index (κ3) is 3.75. The van der Waals surface area contributed by atoms with Gasteiger partial charge in [0.25, 0.3) is 5.91 Å². The SMILES string of the molecule is N#CN1CC2CCC1[C@@H]2NC(=O)c1cc(-c2ccncc2Sc2ccc(F)cc2)[nH]n1. The fraction of sp³-hybridized carbons (Fsp3) is 0.273. The second-order valence-electron chi connectivity index (χ2n) is 7.75. The van der Waals surface area contributed by atoms with E-state index < -0.39 is 0 Å². The summed E-state index contributed by atoms with van der Waals surface area (Å²) in [4.78, 5) is 20.5. The van der Waals surface area contributed by atoms with Crippen LogP contribution >= 0.6 is 11.8 Å². The molecule has 2 bridgehead atoms. The molecule has 1 aliphatic heterocycles. The van der Waals surface area contributed by atoms with Gasteiger partial charge in [-0.25, -0.2) is 4.39 Å². The molecule has 5 rings (SSSR count). The second-order valence-corrected chi connectivity index (χ2v) is 8.87. The van der Waals surface area contributed by atoms with E-state index in [4.69, 9.17) is 0 Å². The summed E-state index contributed by atoms with van der Waals surface area (Å²) < 4.78 is 13.2. The Morgan fingerprint density at radius 1 is 1.29 bits per heavy atom. The number of piperidine rings is 1. The van der Waals surface area contributed by atoms with Crippen LogP contribution in [-0.2, 0) is 0 Å². The predicted molar refractivity (Wildman–Crippen MR) is 112 cm³/mol. The topological polar surface area (TPSA) is 97.7 Å². The quantitative estimate of drug-likeness (QED) is 0.597. The van der Waals surface area contributed by atoms with Crippen molar-refractivity contribution in [2.45, 2.75) is 34.7 Å². The van der Waals surface area contributed by atoms with Crippen molar-refractivity contribution in [3.8, 4) is 17.5 Å². The van der Waals surface area contributed by atoms with E-state index in [1.165, 1.54) is 23.9 Å². The van der Waals surface area contributed by atoms with Gasteiger partial charge in [-0.15, -0.1) is 0 Å². The Bertz CT molecular complexity index is 1160. The molecule has 9 heteroatoms. The molecule has 2 fully saturated rings. The van der Waals surface area contributed by atoms with Crippen LogP contribution in [0.1, 0.15) is 23.3 Å². The summed E-state index contributed by atoms with van der Waals surface area (Å²) in [6.07, 6.45) is 7.59. The number of aromatic amines is 1. The Kier molecular flexibility index (Phi) is 5.08. The Hall–Kier alpha value is -3.38. The van der Waals surface area contributed by atoms with Crippen molar-refractivity contribution < 1.29 is 9.18 Å². The Morgan fingerprint density at radius 3 is 2.90 bits per heavy atom. The first-order valence-electron chi connectivity index (χ1n) is 10.0. The molecule has 0 radical (unpaired) electrons. The molecule has 156 valence electrons. The van der Waals surface area contributed by atoms with Gasteiger partial charge in [-0.3, -0.25) is 14.9 Å². The number of carbonyl (C=O) groups is 1. The number of nitrogens with zero attached hydrogens (tertiary/aromatic N) is 4. The predicted octanol–water partition coefficient (Wildman–Crippen LogP) is 3.44. The van der Waals surface area contributed by atoms with Crippen molar-refractivity contribution in [3.63, 3.8) is 0 Å². The highest BCUT2D eigenvalue weighted by molar-refractivity contribution is 7.99. The number of halogens is 1. The molecule has 31 heavy (non-hydrogen) atoms. The number of nitrogens with one attached hydrogen (secondary N) is 2. The number of hydrogen-bond acceptors (Lipinski definition) is 6. The molecule has 1 saturated heterocycles. The first kappa shape index (κ1) is 19.6. The number of pyridine rings is 1. The van der Waals surface area contributed by atoms with Crippen LogP contribution in [0.15, 0.2) is 58.6 Å². The molecule has 2 unspecified atom stereocenters. The zero-order valence-corrected chi connectivity index (χ0v) is 17.3. The lowest BCUT2D eigenvalue weighted by Gasteiger charge is -2.21. The van der Waals surface area contributed by atoms with Gasteiger partial charge in [-0.1, -0.05) is 11.8 Å². The van der Waals surface area contributed by atoms with E-state index in [1.54, 1.807) is 35.5 Å². The van der Waals surface area contributed by atoms with E-state index in [1.807, 2.05) is 6.07 Å². The second kappa shape index (κ2) is 8.04. The monoisotopic (exact) mass is 434 g/mol. The number of likely N-dealkylation sites (tertiary alicyclic amines) is 1. The van der Waals surface area contributed by atoms with Crippen LogP contribution in [0.5, 0.6) is 0 Å². The molecule has 1 saturated carbocycles. The molecule has 2 aromatic heterocycles. The standard InChI is InChI=1S/C22H19FN6OS/c23-14-2-4-15(5-3-14)31-20-10-25-8-7-16(20)17-9-18(28-27-17)22(30)26-21-13-1-6-19(21)29(11-13)12-24/h2-5,7-10,13,19,21H,1,6,11H2,(H,26,30)(H,27,28)/t13?,19?,21-/m1/s1. The van der Waals surface area contributed by atoms with Crippen molar-refractivity contribution >= 4 is 17.7 Å². The van der Waals surface area contributed by atoms with Crippen molar-refractivity contribution in [2.24, 2.45) is 5.92 Å². The highest BCUT2D eigenvalue weighted by atomic mass is 32.2. The molecule has 2 N–H and O–H groups in total. The molecule has 3 aromatic rings. The Balaban J connectivity index is 1.34. The lowest BCUT2D eigenvalue weighted by molar-refractivity contribution is 0.0924. The third-order valence-electron chi connectivity index (χ3n) is 5.94. The summed E-state index contributed by atoms with van der Waals surface area (Å²) in [5.74, 6) is -0.217. The lowest BCUT2D eigenvalue weighted by atomic mass is 10.1. The minimum absolute atomic E-state index is 0.0159. The Morgan fingerprint density at radius 2 is 2.13 bits per heavy atom.